The number of carboxylic acids is 1. The molecule has 1 N–H and O–H groups in total. The van der Waals surface area contributed by atoms with Crippen molar-refractivity contribution in [2.24, 2.45) is 11.8 Å². The van der Waals surface area contributed by atoms with Crippen LogP contribution >= 0.6 is 0 Å². The van der Waals surface area contributed by atoms with Gasteiger partial charge in [-0.1, -0.05) is 30.3 Å². The number of fused-ring (bicyclic) bond motifs is 1. The SMILES string of the molecule is O=C(O)C1CC2(c3ccccc3)CC1C2. The molecule has 0 radical (unpaired) electrons. The first-order valence-electron chi connectivity index (χ1n) is 5.50. The number of aliphatic carboxylic acids is 1. The zero-order chi connectivity index (χ0) is 10.5. The highest BCUT2D eigenvalue weighted by Gasteiger charge is 2.58. The van der Waals surface area contributed by atoms with Crippen LogP contribution in [0.1, 0.15) is 24.8 Å². The average molecular weight is 202 g/mol. The Labute approximate surface area is 88.9 Å². The predicted octanol–water partition coefficient (Wildman–Crippen LogP) is 2.44. The molecule has 3 aliphatic rings. The van der Waals surface area contributed by atoms with Gasteiger partial charge in [-0.05, 0) is 36.2 Å². The van der Waals surface area contributed by atoms with Gasteiger partial charge < -0.3 is 5.11 Å². The molecule has 1 unspecified atom stereocenters. The summed E-state index contributed by atoms with van der Waals surface area (Å²) in [5.74, 6) is -0.261. The fraction of sp³-hybridized carbons (Fsp3) is 0.462. The number of benzene rings is 1. The minimum Gasteiger partial charge on any atom is -0.481 e. The maximum atomic E-state index is 11.0. The zero-order valence-electron chi connectivity index (χ0n) is 8.52. The van der Waals surface area contributed by atoms with E-state index in [0.717, 1.165) is 19.3 Å². The summed E-state index contributed by atoms with van der Waals surface area (Å²) in [6.07, 6.45) is 3.00. The smallest absolute Gasteiger partial charge is 0.306 e. The molecule has 2 nitrogen and oxygen atoms in total. The normalized spacial score (nSPS) is 37.3. The lowest BCUT2D eigenvalue weighted by molar-refractivity contribution is -0.142. The minimum atomic E-state index is -0.602. The number of rotatable bonds is 2. The van der Waals surface area contributed by atoms with Gasteiger partial charge in [0.1, 0.15) is 0 Å². The highest BCUT2D eigenvalue weighted by Crippen LogP contribution is 2.62. The van der Waals surface area contributed by atoms with Crippen LogP contribution in [0.2, 0.25) is 0 Å². The van der Waals surface area contributed by atoms with Gasteiger partial charge in [0.05, 0.1) is 5.92 Å². The van der Waals surface area contributed by atoms with Crippen molar-refractivity contribution in [1.82, 2.24) is 0 Å². The summed E-state index contributed by atoms with van der Waals surface area (Å²) in [6, 6.07) is 10.4. The Bertz CT molecular complexity index is 390. The molecule has 1 atom stereocenters. The van der Waals surface area contributed by atoms with Gasteiger partial charge in [-0.15, -0.1) is 0 Å². The molecule has 78 valence electrons. The van der Waals surface area contributed by atoms with Gasteiger partial charge in [-0.2, -0.15) is 0 Å². The van der Waals surface area contributed by atoms with Crippen LogP contribution in [0.15, 0.2) is 30.3 Å². The molecule has 0 spiro atoms. The highest BCUT2D eigenvalue weighted by atomic mass is 16.4. The number of hydrogen-bond acceptors (Lipinski definition) is 1. The van der Waals surface area contributed by atoms with Crippen molar-refractivity contribution in [2.45, 2.75) is 24.7 Å². The third-order valence-corrected chi connectivity index (χ3v) is 4.19. The topological polar surface area (TPSA) is 37.3 Å². The van der Waals surface area contributed by atoms with E-state index in [-0.39, 0.29) is 11.3 Å². The van der Waals surface area contributed by atoms with E-state index in [1.165, 1.54) is 5.56 Å². The molecule has 0 heterocycles. The first kappa shape index (κ1) is 8.96. The molecule has 2 bridgehead atoms. The lowest BCUT2D eigenvalue weighted by Crippen LogP contribution is -2.32. The van der Waals surface area contributed by atoms with E-state index in [9.17, 15) is 4.79 Å². The van der Waals surface area contributed by atoms with Crippen LogP contribution in [-0.4, -0.2) is 11.1 Å². The van der Waals surface area contributed by atoms with Gasteiger partial charge in [0, 0.05) is 0 Å². The molecule has 0 saturated heterocycles. The second kappa shape index (κ2) is 2.84. The Morgan fingerprint density at radius 2 is 1.87 bits per heavy atom. The van der Waals surface area contributed by atoms with Gasteiger partial charge in [0.25, 0.3) is 0 Å². The second-order valence-corrected chi connectivity index (χ2v) is 4.96. The summed E-state index contributed by atoms with van der Waals surface area (Å²) in [4.78, 5) is 11.0. The standard InChI is InChI=1S/C13H14O2/c14-12(15)11-8-13(6-9(11)7-13)10-4-2-1-3-5-10/h1-5,9,11H,6-8H2,(H,14,15). The molecule has 3 aliphatic carbocycles. The minimum absolute atomic E-state index is 0.0924. The van der Waals surface area contributed by atoms with Crippen LogP contribution in [0.4, 0.5) is 0 Å². The fourth-order valence-electron chi connectivity index (χ4n) is 3.42. The van der Waals surface area contributed by atoms with Crippen molar-refractivity contribution in [3.8, 4) is 0 Å². The van der Waals surface area contributed by atoms with Crippen LogP contribution in [0.3, 0.4) is 0 Å². The molecule has 0 aromatic heterocycles. The van der Waals surface area contributed by atoms with Crippen molar-refractivity contribution in [3.05, 3.63) is 35.9 Å². The van der Waals surface area contributed by atoms with Crippen molar-refractivity contribution in [2.75, 3.05) is 0 Å². The Hall–Kier alpha value is -1.31. The van der Waals surface area contributed by atoms with E-state index in [0.29, 0.717) is 5.92 Å². The number of hydrogen-bond donors (Lipinski definition) is 1. The zero-order valence-corrected chi connectivity index (χ0v) is 8.52. The molecule has 2 heteroatoms. The van der Waals surface area contributed by atoms with E-state index >= 15 is 0 Å². The van der Waals surface area contributed by atoms with Gasteiger partial charge in [0.2, 0.25) is 0 Å². The first-order chi connectivity index (χ1) is 7.21. The third-order valence-electron chi connectivity index (χ3n) is 4.19. The molecule has 3 fully saturated rings. The van der Waals surface area contributed by atoms with Crippen LogP contribution in [-0.2, 0) is 10.2 Å². The summed E-state index contributed by atoms with van der Waals surface area (Å²) in [7, 11) is 0. The van der Waals surface area contributed by atoms with Gasteiger partial charge >= 0.3 is 5.97 Å². The molecular formula is C13H14O2. The lowest BCUT2D eigenvalue weighted by atomic mass is 9.65. The van der Waals surface area contributed by atoms with Gasteiger partial charge in [-0.25, -0.2) is 0 Å². The van der Waals surface area contributed by atoms with Crippen LogP contribution in [0.5, 0.6) is 0 Å². The Morgan fingerprint density at radius 1 is 1.20 bits per heavy atom. The molecule has 0 amide bonds. The molecule has 3 saturated carbocycles. The Balaban J connectivity index is 1.89. The highest BCUT2D eigenvalue weighted by molar-refractivity contribution is 5.72. The van der Waals surface area contributed by atoms with E-state index in [2.05, 4.69) is 12.1 Å². The second-order valence-electron chi connectivity index (χ2n) is 4.96. The van der Waals surface area contributed by atoms with E-state index in [4.69, 9.17) is 5.11 Å². The maximum Gasteiger partial charge on any atom is 0.306 e. The van der Waals surface area contributed by atoms with Crippen molar-refractivity contribution >= 4 is 5.97 Å². The van der Waals surface area contributed by atoms with Crippen molar-refractivity contribution in [3.63, 3.8) is 0 Å². The predicted molar refractivity (Wildman–Crippen MR) is 56.6 cm³/mol. The van der Waals surface area contributed by atoms with Crippen LogP contribution in [0, 0.1) is 11.8 Å². The summed E-state index contributed by atoms with van der Waals surface area (Å²) < 4.78 is 0. The van der Waals surface area contributed by atoms with E-state index < -0.39 is 5.97 Å². The molecular weight excluding hydrogens is 188 g/mol. The molecule has 1 aromatic carbocycles. The van der Waals surface area contributed by atoms with E-state index in [1.807, 2.05) is 18.2 Å². The molecule has 4 rings (SSSR count). The Morgan fingerprint density at radius 3 is 2.40 bits per heavy atom. The number of carboxylic acid groups (broad SMARTS) is 1. The first-order valence-corrected chi connectivity index (χ1v) is 5.50. The summed E-state index contributed by atoms with van der Waals surface area (Å²) in [5, 5.41) is 9.07. The summed E-state index contributed by atoms with van der Waals surface area (Å²) in [5.41, 5.74) is 1.54. The lowest BCUT2D eigenvalue weighted by Gasteiger charge is -2.39. The fourth-order valence-corrected chi connectivity index (χ4v) is 3.42. The van der Waals surface area contributed by atoms with Gasteiger partial charge in [-0.3, -0.25) is 4.79 Å². The van der Waals surface area contributed by atoms with Crippen LogP contribution in [0.25, 0.3) is 0 Å². The van der Waals surface area contributed by atoms with Crippen LogP contribution < -0.4 is 0 Å². The Kier molecular flexibility index (Phi) is 1.70. The van der Waals surface area contributed by atoms with Gasteiger partial charge in [0.15, 0.2) is 0 Å². The molecule has 15 heavy (non-hydrogen) atoms. The molecule has 1 aromatic rings. The summed E-state index contributed by atoms with van der Waals surface area (Å²) >= 11 is 0. The molecule has 0 aliphatic heterocycles. The number of carbonyl (C=O) groups is 1. The van der Waals surface area contributed by atoms with E-state index in [1.54, 1.807) is 0 Å². The van der Waals surface area contributed by atoms with Crippen molar-refractivity contribution in [1.29, 1.82) is 0 Å². The maximum absolute atomic E-state index is 11.0. The average Bonchev–Trinajstić information content (AvgIpc) is 2.73. The van der Waals surface area contributed by atoms with Crippen molar-refractivity contribution < 1.29 is 9.90 Å². The summed E-state index contributed by atoms with van der Waals surface area (Å²) in [6.45, 7) is 0. The largest absolute Gasteiger partial charge is 0.481 e. The monoisotopic (exact) mass is 202 g/mol. The quantitative estimate of drug-likeness (QED) is 0.799. The third kappa shape index (κ3) is 1.14.